The van der Waals surface area contributed by atoms with Crippen LogP contribution in [0.15, 0.2) is 10.4 Å². The summed E-state index contributed by atoms with van der Waals surface area (Å²) in [7, 11) is -3.69. The Balaban J connectivity index is 1.58. The quantitative estimate of drug-likeness (QED) is 0.446. The minimum Gasteiger partial charge on any atom is -0.383 e. The number of urea groups is 1. The molecule has 5 N–H and O–H groups in total. The van der Waals surface area contributed by atoms with Crippen molar-refractivity contribution in [3.8, 4) is 0 Å². The lowest BCUT2D eigenvalue weighted by Gasteiger charge is -2.22. The van der Waals surface area contributed by atoms with Crippen molar-refractivity contribution < 1.29 is 14.1 Å². The van der Waals surface area contributed by atoms with Gasteiger partial charge in [-0.05, 0) is 64.0 Å². The van der Waals surface area contributed by atoms with Crippen LogP contribution in [0.4, 0.5) is 10.5 Å². The summed E-state index contributed by atoms with van der Waals surface area (Å²) in [5.74, 6) is 0. The maximum atomic E-state index is 13.0. The lowest BCUT2D eigenvalue weighted by molar-refractivity contribution is 0.0783. The Kier molecular flexibility index (Phi) is 5.04. The molecule has 1 fully saturated rings. The summed E-state index contributed by atoms with van der Waals surface area (Å²) in [5, 5.41) is 19.3. The number of rotatable bonds is 5. The number of aliphatic hydroxyl groups is 1. The van der Waals surface area contributed by atoms with Crippen LogP contribution in [-0.4, -0.2) is 25.3 Å². The Morgan fingerprint density at radius 1 is 1.37 bits per heavy atom. The van der Waals surface area contributed by atoms with Crippen LogP contribution < -0.4 is 15.2 Å². The van der Waals surface area contributed by atoms with E-state index in [4.69, 9.17) is 10.1 Å². The van der Waals surface area contributed by atoms with Gasteiger partial charge in [0, 0.05) is 21.4 Å². The molecule has 4 rings (SSSR count). The fourth-order valence-corrected chi connectivity index (χ4v) is 6.21. The Bertz CT molecular complexity index is 1070. The first kappa shape index (κ1) is 21.4. The molecule has 2 amide bonds. The van der Waals surface area contributed by atoms with Gasteiger partial charge < -0.3 is 10.4 Å². The average molecular weight is 452 g/mol. The largest absolute Gasteiger partial charge is 0.383 e. The van der Waals surface area contributed by atoms with Gasteiger partial charge in [-0.3, -0.25) is 14.8 Å². The highest BCUT2D eigenvalue weighted by Gasteiger charge is 2.43. The standard InChI is InChI=1S/C20H29N5O3S2/c1-11-15(12-6-5-7-13(12)23-16(11)20(4)8-9-20)24-18(26)25-30(21,28)14-10-22-17(29-14)19(2,3)27/h10,27,30H,5-9H2,1-4H3,(H4,21,23,24,25,26,28). The van der Waals surface area contributed by atoms with Gasteiger partial charge in [-0.1, -0.05) is 6.92 Å². The van der Waals surface area contributed by atoms with Crippen LogP contribution >= 0.6 is 11.3 Å². The van der Waals surface area contributed by atoms with Crippen LogP contribution in [0.1, 0.15) is 67.6 Å². The van der Waals surface area contributed by atoms with Crippen molar-refractivity contribution in [2.24, 2.45) is 5.14 Å². The van der Waals surface area contributed by atoms with Gasteiger partial charge in [-0.2, -0.15) is 0 Å². The summed E-state index contributed by atoms with van der Waals surface area (Å²) in [4.78, 5) is 21.8. The second-order valence-corrected chi connectivity index (χ2v) is 12.4. The van der Waals surface area contributed by atoms with E-state index < -0.39 is 21.9 Å². The first-order valence-corrected chi connectivity index (χ1v) is 12.7. The van der Waals surface area contributed by atoms with Crippen molar-refractivity contribution in [2.45, 2.75) is 75.0 Å². The van der Waals surface area contributed by atoms with Gasteiger partial charge in [-0.25, -0.2) is 14.0 Å². The summed E-state index contributed by atoms with van der Waals surface area (Å²) in [6.45, 7) is 7.36. The van der Waals surface area contributed by atoms with E-state index >= 15 is 0 Å². The molecule has 0 aliphatic heterocycles. The molecule has 0 spiro atoms. The highest BCUT2D eigenvalue weighted by atomic mass is 32.3. The number of hydrogen-bond donors (Lipinski definition) is 5. The van der Waals surface area contributed by atoms with Crippen LogP contribution in [0.25, 0.3) is 0 Å². The fraction of sp³-hybridized carbons (Fsp3) is 0.550. The van der Waals surface area contributed by atoms with Gasteiger partial charge in [0.15, 0.2) is 0 Å². The number of pyridine rings is 1. The molecule has 0 atom stereocenters. The summed E-state index contributed by atoms with van der Waals surface area (Å²) in [5.41, 5.74) is 3.80. The van der Waals surface area contributed by atoms with Crippen LogP contribution in [0.5, 0.6) is 0 Å². The molecule has 2 aromatic heterocycles. The summed E-state index contributed by atoms with van der Waals surface area (Å²) in [6.07, 6.45) is 6.32. The number of fused-ring (bicyclic) bond motifs is 1. The van der Waals surface area contributed by atoms with E-state index in [9.17, 15) is 14.1 Å². The predicted molar refractivity (Wildman–Crippen MR) is 119 cm³/mol. The smallest absolute Gasteiger partial charge is 0.330 e. The molecule has 8 nitrogen and oxygen atoms in total. The number of anilines is 1. The monoisotopic (exact) mass is 451 g/mol. The number of aryl methyl sites for hydroxylation is 1. The van der Waals surface area contributed by atoms with E-state index in [0.29, 0.717) is 5.01 Å². The van der Waals surface area contributed by atoms with Gasteiger partial charge in [0.2, 0.25) is 0 Å². The fourth-order valence-electron chi connectivity index (χ4n) is 3.91. The lowest BCUT2D eigenvalue weighted by Crippen LogP contribution is -2.44. The number of nitrogens with two attached hydrogens (primary N) is 1. The molecule has 0 bridgehead atoms. The van der Waals surface area contributed by atoms with Crippen LogP contribution in [0.2, 0.25) is 0 Å². The van der Waals surface area contributed by atoms with Crippen LogP contribution in [-0.2, 0) is 34.2 Å². The molecule has 164 valence electrons. The Morgan fingerprint density at radius 2 is 2.07 bits per heavy atom. The zero-order chi connectivity index (χ0) is 21.9. The topological polar surface area (TPSA) is 130 Å². The van der Waals surface area contributed by atoms with E-state index in [1.54, 1.807) is 13.8 Å². The molecule has 10 heteroatoms. The molecule has 2 aromatic rings. The second-order valence-electron chi connectivity index (χ2n) is 9.09. The SMILES string of the molecule is Cc1c(C2(C)CC2)nc2c(c1NC(=O)N[SH](N)(=O)c1cnc(C(C)(C)O)s1)CCC2. The molecule has 30 heavy (non-hydrogen) atoms. The summed E-state index contributed by atoms with van der Waals surface area (Å²) in [6, 6.07) is -0.616. The van der Waals surface area contributed by atoms with Crippen molar-refractivity contribution in [3.63, 3.8) is 0 Å². The molecule has 0 saturated heterocycles. The average Bonchev–Trinajstić information content (AvgIpc) is 3.06. The number of amides is 2. The predicted octanol–water partition coefficient (Wildman–Crippen LogP) is 2.60. The maximum absolute atomic E-state index is 13.0. The van der Waals surface area contributed by atoms with Crippen molar-refractivity contribution >= 4 is 33.4 Å². The minimum atomic E-state index is -3.69. The number of nitrogens with one attached hydrogen (secondary N) is 2. The van der Waals surface area contributed by atoms with Gasteiger partial charge in [-0.15, -0.1) is 11.3 Å². The number of aromatic nitrogens is 2. The molecule has 2 aliphatic carbocycles. The van der Waals surface area contributed by atoms with E-state index in [2.05, 4.69) is 21.9 Å². The Hall–Kier alpha value is -1.88. The minimum absolute atomic E-state index is 0.0773. The van der Waals surface area contributed by atoms with Crippen LogP contribution in [0, 0.1) is 6.92 Å². The molecular formula is C20H29N5O3S2. The van der Waals surface area contributed by atoms with Gasteiger partial charge in [0.05, 0.1) is 17.6 Å². The second kappa shape index (κ2) is 7.08. The molecule has 2 aliphatic rings. The van der Waals surface area contributed by atoms with Crippen molar-refractivity contribution in [3.05, 3.63) is 33.7 Å². The van der Waals surface area contributed by atoms with E-state index in [1.807, 2.05) is 6.92 Å². The molecule has 0 aromatic carbocycles. The van der Waals surface area contributed by atoms with Crippen molar-refractivity contribution in [2.75, 3.05) is 5.32 Å². The molecule has 2 heterocycles. The third-order valence-corrected chi connectivity index (χ3v) is 9.40. The number of thiazole rings is 1. The number of carbonyl (C=O) groups is 1. The van der Waals surface area contributed by atoms with E-state index in [1.165, 1.54) is 6.20 Å². The Morgan fingerprint density at radius 3 is 2.67 bits per heavy atom. The van der Waals surface area contributed by atoms with Crippen molar-refractivity contribution in [1.82, 2.24) is 14.7 Å². The number of nitrogens with zero attached hydrogens (tertiary/aromatic N) is 2. The van der Waals surface area contributed by atoms with E-state index in [0.717, 1.165) is 71.6 Å². The summed E-state index contributed by atoms with van der Waals surface area (Å²) < 4.78 is 15.7. The van der Waals surface area contributed by atoms with Gasteiger partial charge >= 0.3 is 6.03 Å². The maximum Gasteiger partial charge on any atom is 0.330 e. The van der Waals surface area contributed by atoms with Gasteiger partial charge in [0.1, 0.15) is 14.8 Å². The number of thiol groups is 1. The number of carbonyl (C=O) groups excluding carboxylic acids is 1. The molecule has 0 unspecified atom stereocenters. The zero-order valence-corrected chi connectivity index (χ0v) is 19.4. The lowest BCUT2D eigenvalue weighted by atomic mass is 9.96. The number of hydrogen-bond acceptors (Lipinski definition) is 6. The zero-order valence-electron chi connectivity index (χ0n) is 17.7. The third kappa shape index (κ3) is 3.89. The van der Waals surface area contributed by atoms with Gasteiger partial charge in [0.25, 0.3) is 0 Å². The summed E-state index contributed by atoms with van der Waals surface area (Å²) >= 11 is 1.03. The third-order valence-electron chi connectivity index (χ3n) is 5.89. The molecular weight excluding hydrogens is 422 g/mol. The molecule has 0 radical (unpaired) electrons. The van der Waals surface area contributed by atoms with Crippen LogP contribution in [0.3, 0.4) is 0 Å². The normalized spacial score (nSPS) is 18.1. The Labute approximate surface area is 181 Å². The first-order valence-electron chi connectivity index (χ1n) is 10.1. The highest BCUT2D eigenvalue weighted by Crippen LogP contribution is 2.50. The molecule has 1 saturated carbocycles. The van der Waals surface area contributed by atoms with Crippen molar-refractivity contribution in [1.29, 1.82) is 0 Å². The highest BCUT2D eigenvalue weighted by molar-refractivity contribution is 8.01. The first-order chi connectivity index (χ1) is 13.9. The van der Waals surface area contributed by atoms with E-state index in [-0.39, 0.29) is 9.62 Å².